The molecule has 1 aromatic carbocycles. The zero-order chi connectivity index (χ0) is 18.4. The summed E-state index contributed by atoms with van der Waals surface area (Å²) in [5.74, 6) is 0.768. The molecule has 25 heavy (non-hydrogen) atoms. The highest BCUT2D eigenvalue weighted by Crippen LogP contribution is 2.42. The summed E-state index contributed by atoms with van der Waals surface area (Å²) < 4.78 is 21.7. The number of aliphatic hydroxyl groups excluding tert-OH is 1. The third kappa shape index (κ3) is 2.85. The molecule has 1 atom stereocenters. The predicted molar refractivity (Wildman–Crippen MR) is 91.4 cm³/mol. The van der Waals surface area contributed by atoms with E-state index in [1.807, 2.05) is 0 Å². The molecule has 7 heteroatoms. The van der Waals surface area contributed by atoms with E-state index in [2.05, 4.69) is 0 Å². The Hall–Kier alpha value is -2.51. The van der Waals surface area contributed by atoms with Gasteiger partial charge in [-0.3, -0.25) is 0 Å². The molecule has 2 aromatic heterocycles. The molecule has 0 amide bonds. The Balaban J connectivity index is 2.29. The molecular formula is C18H20O7. The van der Waals surface area contributed by atoms with Gasteiger partial charge >= 0.3 is 5.63 Å². The van der Waals surface area contributed by atoms with Crippen LogP contribution in [0.3, 0.4) is 0 Å². The lowest BCUT2D eigenvalue weighted by Gasteiger charge is -2.24. The average Bonchev–Trinajstić information content (AvgIpc) is 3.01. The first kappa shape index (κ1) is 17.3. The van der Waals surface area contributed by atoms with Gasteiger partial charge in [0, 0.05) is 12.0 Å². The molecule has 0 aliphatic carbocycles. The molecule has 1 unspecified atom stereocenters. The lowest BCUT2D eigenvalue weighted by molar-refractivity contribution is -0.0472. The van der Waals surface area contributed by atoms with Crippen LogP contribution in [0.2, 0.25) is 0 Å². The Morgan fingerprint density at radius 2 is 1.84 bits per heavy atom. The van der Waals surface area contributed by atoms with Crippen LogP contribution in [-0.4, -0.2) is 36.1 Å². The highest BCUT2D eigenvalue weighted by atomic mass is 16.5. The van der Waals surface area contributed by atoms with Crippen LogP contribution in [0.4, 0.5) is 0 Å². The SMILES string of the molecule is COc1c2ccoc2c(OC)c2oc(=O)c(CC(O)C(C)(C)O)cc12. The van der Waals surface area contributed by atoms with Crippen LogP contribution < -0.4 is 15.1 Å². The van der Waals surface area contributed by atoms with Gasteiger partial charge in [0.15, 0.2) is 11.2 Å². The average molecular weight is 348 g/mol. The van der Waals surface area contributed by atoms with Crippen molar-refractivity contribution in [3.05, 3.63) is 34.4 Å². The van der Waals surface area contributed by atoms with Crippen molar-refractivity contribution in [1.29, 1.82) is 0 Å². The summed E-state index contributed by atoms with van der Waals surface area (Å²) in [6.45, 7) is 2.94. The zero-order valence-electron chi connectivity index (χ0n) is 14.5. The van der Waals surface area contributed by atoms with Crippen molar-refractivity contribution in [2.45, 2.75) is 32.0 Å². The molecule has 0 aliphatic rings. The number of hydrogen-bond acceptors (Lipinski definition) is 7. The third-order valence-electron chi connectivity index (χ3n) is 4.22. The van der Waals surface area contributed by atoms with Gasteiger partial charge in [-0.2, -0.15) is 0 Å². The van der Waals surface area contributed by atoms with Crippen LogP contribution >= 0.6 is 0 Å². The van der Waals surface area contributed by atoms with Crippen LogP contribution in [0.25, 0.3) is 21.9 Å². The normalized spacial score (nSPS) is 13.4. The molecular weight excluding hydrogens is 328 g/mol. The number of fused-ring (bicyclic) bond motifs is 2. The number of hydrogen-bond donors (Lipinski definition) is 2. The molecule has 2 N–H and O–H groups in total. The monoisotopic (exact) mass is 348 g/mol. The van der Waals surface area contributed by atoms with Crippen LogP contribution in [-0.2, 0) is 6.42 Å². The topological polar surface area (TPSA) is 102 Å². The van der Waals surface area contributed by atoms with Crippen LogP contribution in [0.5, 0.6) is 11.5 Å². The first-order chi connectivity index (χ1) is 11.8. The molecule has 0 radical (unpaired) electrons. The van der Waals surface area contributed by atoms with E-state index in [-0.39, 0.29) is 17.6 Å². The Bertz CT molecular complexity index is 975. The molecule has 0 aliphatic heterocycles. The second-order valence-corrected chi connectivity index (χ2v) is 6.41. The number of aliphatic hydroxyl groups is 2. The van der Waals surface area contributed by atoms with E-state index in [1.165, 1.54) is 34.3 Å². The summed E-state index contributed by atoms with van der Waals surface area (Å²) in [5.41, 5.74) is -1.13. The minimum atomic E-state index is -1.35. The maximum absolute atomic E-state index is 12.4. The summed E-state index contributed by atoms with van der Waals surface area (Å²) in [5, 5.41) is 21.2. The van der Waals surface area contributed by atoms with Gasteiger partial charge in [-0.15, -0.1) is 0 Å². The standard InChI is InChI=1S/C18H20O7/c1-18(2,21)12(19)8-9-7-11-13(22-3)10-5-6-24-14(10)16(23-4)15(11)25-17(9)20/h5-7,12,19,21H,8H2,1-4H3. The van der Waals surface area contributed by atoms with Crippen molar-refractivity contribution in [1.82, 2.24) is 0 Å². The molecule has 0 saturated heterocycles. The maximum atomic E-state index is 12.4. The maximum Gasteiger partial charge on any atom is 0.339 e. The van der Waals surface area contributed by atoms with Crippen molar-refractivity contribution in [3.63, 3.8) is 0 Å². The Kier molecular flexibility index (Phi) is 4.22. The molecule has 7 nitrogen and oxygen atoms in total. The molecule has 134 valence electrons. The Labute approximate surface area is 143 Å². The summed E-state index contributed by atoms with van der Waals surface area (Å²) in [4.78, 5) is 12.4. The smallest absolute Gasteiger partial charge is 0.339 e. The molecule has 2 heterocycles. The van der Waals surface area contributed by atoms with Gasteiger partial charge in [0.05, 0.1) is 43.0 Å². The molecule has 3 aromatic rings. The number of methoxy groups -OCH3 is 2. The fourth-order valence-electron chi connectivity index (χ4n) is 2.77. The quantitative estimate of drug-likeness (QED) is 0.682. The van der Waals surface area contributed by atoms with Crippen molar-refractivity contribution in [2.75, 3.05) is 14.2 Å². The van der Waals surface area contributed by atoms with Crippen molar-refractivity contribution < 1.29 is 28.5 Å². The second kappa shape index (κ2) is 6.09. The summed E-state index contributed by atoms with van der Waals surface area (Å²) in [7, 11) is 2.96. The third-order valence-corrected chi connectivity index (χ3v) is 4.22. The number of benzene rings is 1. The molecule has 0 fully saturated rings. The minimum Gasteiger partial charge on any atom is -0.495 e. The van der Waals surface area contributed by atoms with Crippen LogP contribution in [0, 0.1) is 0 Å². The van der Waals surface area contributed by atoms with E-state index in [0.717, 1.165) is 0 Å². The first-order valence-corrected chi connectivity index (χ1v) is 7.76. The molecule has 3 rings (SSSR count). The van der Waals surface area contributed by atoms with Crippen LogP contribution in [0.1, 0.15) is 19.4 Å². The van der Waals surface area contributed by atoms with E-state index in [1.54, 1.807) is 12.1 Å². The number of ether oxygens (including phenoxy) is 2. The highest BCUT2D eigenvalue weighted by molar-refractivity contribution is 6.06. The van der Waals surface area contributed by atoms with Crippen molar-refractivity contribution in [2.24, 2.45) is 0 Å². The zero-order valence-corrected chi connectivity index (χ0v) is 14.5. The molecule has 0 spiro atoms. The summed E-state index contributed by atoms with van der Waals surface area (Å²) in [6.07, 6.45) is 0.306. The van der Waals surface area contributed by atoms with Gasteiger partial charge in [0.2, 0.25) is 5.75 Å². The van der Waals surface area contributed by atoms with Gasteiger partial charge < -0.3 is 28.5 Å². The lowest BCUT2D eigenvalue weighted by Crippen LogP contribution is -2.38. The summed E-state index contributed by atoms with van der Waals surface area (Å²) in [6, 6.07) is 3.32. The van der Waals surface area contributed by atoms with Gasteiger partial charge in [-0.25, -0.2) is 4.79 Å². The van der Waals surface area contributed by atoms with Gasteiger partial charge in [-0.05, 0) is 26.0 Å². The number of furan rings is 1. The summed E-state index contributed by atoms with van der Waals surface area (Å²) >= 11 is 0. The van der Waals surface area contributed by atoms with E-state index in [0.29, 0.717) is 27.9 Å². The lowest BCUT2D eigenvalue weighted by atomic mass is 9.95. The van der Waals surface area contributed by atoms with E-state index in [9.17, 15) is 15.0 Å². The van der Waals surface area contributed by atoms with Crippen LogP contribution in [0.15, 0.2) is 32.0 Å². The fraction of sp³-hybridized carbons (Fsp3) is 0.389. The van der Waals surface area contributed by atoms with Gasteiger partial charge in [0.25, 0.3) is 0 Å². The van der Waals surface area contributed by atoms with Crippen molar-refractivity contribution in [3.8, 4) is 11.5 Å². The second-order valence-electron chi connectivity index (χ2n) is 6.41. The van der Waals surface area contributed by atoms with E-state index >= 15 is 0 Å². The molecule has 0 saturated carbocycles. The minimum absolute atomic E-state index is 0.0589. The Morgan fingerprint density at radius 3 is 2.44 bits per heavy atom. The number of rotatable bonds is 5. The van der Waals surface area contributed by atoms with E-state index in [4.69, 9.17) is 18.3 Å². The Morgan fingerprint density at radius 1 is 1.16 bits per heavy atom. The first-order valence-electron chi connectivity index (χ1n) is 7.76. The van der Waals surface area contributed by atoms with Gasteiger partial charge in [-0.1, -0.05) is 0 Å². The highest BCUT2D eigenvalue weighted by Gasteiger charge is 2.27. The van der Waals surface area contributed by atoms with Crippen molar-refractivity contribution >= 4 is 21.9 Å². The predicted octanol–water partition coefficient (Wildman–Crippen LogP) is 2.23. The molecule has 0 bridgehead atoms. The van der Waals surface area contributed by atoms with E-state index < -0.39 is 17.3 Å². The van der Waals surface area contributed by atoms with Gasteiger partial charge in [0.1, 0.15) is 5.75 Å². The fourth-order valence-corrected chi connectivity index (χ4v) is 2.77. The largest absolute Gasteiger partial charge is 0.495 e.